The number of hydrogen-bond acceptors (Lipinski definition) is 1. The van der Waals surface area contributed by atoms with Crippen molar-refractivity contribution in [3.05, 3.63) is 56.7 Å². The first kappa shape index (κ1) is 14.1. The number of aryl methyl sites for hydroxylation is 1. The van der Waals surface area contributed by atoms with Gasteiger partial charge in [0.2, 0.25) is 0 Å². The Bertz CT molecular complexity index is 796. The van der Waals surface area contributed by atoms with Crippen LogP contribution in [0.2, 0.25) is 0 Å². The van der Waals surface area contributed by atoms with Crippen molar-refractivity contribution in [2.75, 3.05) is 0 Å². The van der Waals surface area contributed by atoms with E-state index >= 15 is 0 Å². The van der Waals surface area contributed by atoms with Gasteiger partial charge in [-0.05, 0) is 58.7 Å². The molecular weight excluding hydrogens is 403 g/mol. The molecule has 5 heteroatoms. The molecule has 0 fully saturated rings. The third kappa shape index (κ3) is 2.41. The third-order valence-electron chi connectivity index (χ3n) is 3.15. The van der Waals surface area contributed by atoms with Crippen LogP contribution in [-0.2, 0) is 5.88 Å². The Morgan fingerprint density at radius 2 is 1.95 bits per heavy atom. The Labute approximate surface area is 139 Å². The van der Waals surface area contributed by atoms with Gasteiger partial charge >= 0.3 is 0 Å². The maximum atomic E-state index is 6.08. The van der Waals surface area contributed by atoms with Crippen LogP contribution in [0.1, 0.15) is 11.4 Å². The zero-order valence-electron chi connectivity index (χ0n) is 10.7. The molecule has 0 N–H and O–H groups in total. The molecule has 20 heavy (non-hydrogen) atoms. The molecule has 0 spiro atoms. The first-order chi connectivity index (χ1) is 9.60. The van der Waals surface area contributed by atoms with Gasteiger partial charge in [0.25, 0.3) is 0 Å². The highest BCUT2D eigenvalue weighted by atomic mass is 79.9. The van der Waals surface area contributed by atoms with Crippen molar-refractivity contribution in [2.24, 2.45) is 0 Å². The Kier molecular flexibility index (Phi) is 3.89. The third-order valence-corrected chi connectivity index (χ3v) is 4.55. The summed E-state index contributed by atoms with van der Waals surface area (Å²) < 4.78 is 4.13. The highest BCUT2D eigenvalue weighted by Crippen LogP contribution is 2.30. The minimum absolute atomic E-state index is 0.368. The smallest absolute Gasteiger partial charge is 0.129 e. The van der Waals surface area contributed by atoms with Gasteiger partial charge in [0.15, 0.2) is 0 Å². The van der Waals surface area contributed by atoms with Gasteiger partial charge in [-0.15, -0.1) is 11.6 Å². The predicted octanol–water partition coefficient (Wildman–Crippen LogP) is 5.60. The molecule has 3 aromatic rings. The average molecular weight is 415 g/mol. The number of imidazole rings is 1. The van der Waals surface area contributed by atoms with E-state index in [2.05, 4.69) is 66.5 Å². The van der Waals surface area contributed by atoms with E-state index in [-0.39, 0.29) is 0 Å². The molecule has 0 bridgehead atoms. The van der Waals surface area contributed by atoms with Gasteiger partial charge in [-0.2, -0.15) is 0 Å². The lowest BCUT2D eigenvalue weighted by molar-refractivity contribution is 0.976. The second-order valence-corrected chi connectivity index (χ2v) is 6.62. The van der Waals surface area contributed by atoms with Crippen molar-refractivity contribution in [1.82, 2.24) is 9.55 Å². The summed E-state index contributed by atoms with van der Waals surface area (Å²) in [7, 11) is 0. The normalized spacial score (nSPS) is 11.2. The van der Waals surface area contributed by atoms with Gasteiger partial charge in [0, 0.05) is 8.95 Å². The van der Waals surface area contributed by atoms with Crippen molar-refractivity contribution < 1.29 is 0 Å². The molecule has 2 aromatic carbocycles. The lowest BCUT2D eigenvalue weighted by atomic mass is 10.2. The van der Waals surface area contributed by atoms with E-state index in [4.69, 9.17) is 11.6 Å². The van der Waals surface area contributed by atoms with Crippen molar-refractivity contribution >= 4 is 54.5 Å². The zero-order chi connectivity index (χ0) is 14.3. The minimum Gasteiger partial charge on any atom is -0.294 e. The van der Waals surface area contributed by atoms with Gasteiger partial charge in [0.1, 0.15) is 5.82 Å². The molecule has 1 aromatic heterocycles. The van der Waals surface area contributed by atoms with E-state index in [1.165, 1.54) is 5.56 Å². The summed E-state index contributed by atoms with van der Waals surface area (Å²) in [5.41, 5.74) is 4.26. The highest BCUT2D eigenvalue weighted by molar-refractivity contribution is 9.11. The van der Waals surface area contributed by atoms with Gasteiger partial charge < -0.3 is 0 Å². The van der Waals surface area contributed by atoms with Crippen molar-refractivity contribution in [3.8, 4) is 5.69 Å². The molecule has 0 amide bonds. The van der Waals surface area contributed by atoms with E-state index in [1.54, 1.807) is 0 Å². The maximum absolute atomic E-state index is 6.08. The molecule has 2 nitrogen and oxygen atoms in total. The number of alkyl halides is 1. The molecule has 0 aliphatic rings. The van der Waals surface area contributed by atoms with Gasteiger partial charge in [0.05, 0.1) is 22.6 Å². The second-order valence-electron chi connectivity index (χ2n) is 4.58. The maximum Gasteiger partial charge on any atom is 0.129 e. The summed E-state index contributed by atoms with van der Waals surface area (Å²) >= 11 is 13.2. The van der Waals surface area contributed by atoms with Crippen molar-refractivity contribution in [3.63, 3.8) is 0 Å². The van der Waals surface area contributed by atoms with Gasteiger partial charge in [-0.1, -0.05) is 22.0 Å². The van der Waals surface area contributed by atoms with Crippen LogP contribution in [0.5, 0.6) is 0 Å². The zero-order valence-corrected chi connectivity index (χ0v) is 14.6. The van der Waals surface area contributed by atoms with E-state index in [1.807, 2.05) is 18.2 Å². The van der Waals surface area contributed by atoms with E-state index < -0.39 is 0 Å². The summed E-state index contributed by atoms with van der Waals surface area (Å²) in [6.07, 6.45) is 0. The summed E-state index contributed by atoms with van der Waals surface area (Å²) in [6.45, 7) is 2.08. The van der Waals surface area contributed by atoms with Crippen LogP contribution < -0.4 is 0 Å². The number of nitrogens with zero attached hydrogens (tertiary/aromatic N) is 2. The molecule has 3 rings (SSSR count). The van der Waals surface area contributed by atoms with Crippen molar-refractivity contribution in [2.45, 2.75) is 12.8 Å². The fourth-order valence-electron chi connectivity index (χ4n) is 2.25. The topological polar surface area (TPSA) is 17.8 Å². The molecule has 0 aliphatic heterocycles. The van der Waals surface area contributed by atoms with E-state index in [0.29, 0.717) is 5.88 Å². The van der Waals surface area contributed by atoms with Crippen LogP contribution in [0.25, 0.3) is 16.7 Å². The second kappa shape index (κ2) is 5.51. The van der Waals surface area contributed by atoms with Crippen LogP contribution in [0.3, 0.4) is 0 Å². The molecule has 0 unspecified atom stereocenters. The number of benzene rings is 2. The standard InChI is InChI=1S/C15H11Br2ClN2/c1-9-2-5-12-14(6-9)20(15(8-18)19-12)13-7-10(16)3-4-11(13)17/h2-7H,8H2,1H3. The predicted molar refractivity (Wildman–Crippen MR) is 90.8 cm³/mol. The largest absolute Gasteiger partial charge is 0.294 e. The number of fused-ring (bicyclic) bond motifs is 1. The first-order valence-electron chi connectivity index (χ1n) is 6.09. The minimum atomic E-state index is 0.368. The quantitative estimate of drug-likeness (QED) is 0.499. The van der Waals surface area contributed by atoms with E-state index in [0.717, 1.165) is 31.5 Å². The van der Waals surface area contributed by atoms with Gasteiger partial charge in [-0.25, -0.2) is 4.98 Å². The molecule has 0 radical (unpaired) electrons. The number of hydrogen-bond donors (Lipinski definition) is 0. The van der Waals surface area contributed by atoms with Crippen LogP contribution >= 0.6 is 43.5 Å². The number of halogens is 3. The molecular formula is C15H11Br2ClN2. The molecule has 0 aliphatic carbocycles. The summed E-state index contributed by atoms with van der Waals surface area (Å²) in [4.78, 5) is 4.61. The Morgan fingerprint density at radius 3 is 2.70 bits per heavy atom. The molecule has 1 heterocycles. The van der Waals surface area contributed by atoms with Crippen LogP contribution in [0.4, 0.5) is 0 Å². The highest BCUT2D eigenvalue weighted by Gasteiger charge is 2.14. The fourth-order valence-corrected chi connectivity index (χ4v) is 3.20. The summed E-state index contributed by atoms with van der Waals surface area (Å²) in [5, 5.41) is 0. The van der Waals surface area contributed by atoms with Crippen LogP contribution in [-0.4, -0.2) is 9.55 Å². The first-order valence-corrected chi connectivity index (χ1v) is 8.21. The van der Waals surface area contributed by atoms with Crippen molar-refractivity contribution in [1.29, 1.82) is 0 Å². The van der Waals surface area contributed by atoms with Gasteiger partial charge in [-0.3, -0.25) is 4.57 Å². The summed E-state index contributed by atoms with van der Waals surface area (Å²) in [6, 6.07) is 12.3. The monoisotopic (exact) mass is 412 g/mol. The molecule has 102 valence electrons. The van der Waals surface area contributed by atoms with Crippen LogP contribution in [0, 0.1) is 6.92 Å². The average Bonchev–Trinajstić information content (AvgIpc) is 2.79. The lowest BCUT2D eigenvalue weighted by Gasteiger charge is -2.11. The lowest BCUT2D eigenvalue weighted by Crippen LogP contribution is -2.00. The Balaban J connectivity index is 2.39. The summed E-state index contributed by atoms with van der Waals surface area (Å²) in [5.74, 6) is 1.21. The van der Waals surface area contributed by atoms with Crippen LogP contribution in [0.15, 0.2) is 45.3 Å². The molecule has 0 atom stereocenters. The number of rotatable bonds is 2. The van der Waals surface area contributed by atoms with E-state index in [9.17, 15) is 0 Å². The Morgan fingerprint density at radius 1 is 1.15 bits per heavy atom. The molecule has 0 saturated heterocycles. The number of aromatic nitrogens is 2. The fraction of sp³-hybridized carbons (Fsp3) is 0.133. The SMILES string of the molecule is Cc1ccc2nc(CCl)n(-c3cc(Br)ccc3Br)c2c1. The molecule has 0 saturated carbocycles. The Hall–Kier alpha value is -0.840.